The second kappa shape index (κ2) is 15.4. The van der Waals surface area contributed by atoms with Crippen LogP contribution in [0.4, 0.5) is 0 Å². The Bertz CT molecular complexity index is 1130. The zero-order valence-electron chi connectivity index (χ0n) is 22.5. The number of phenols is 1. The number of carbonyl (C=O) groups is 3. The fourth-order valence-electron chi connectivity index (χ4n) is 4.03. The molecule has 0 saturated carbocycles. The van der Waals surface area contributed by atoms with Gasteiger partial charge in [-0.1, -0.05) is 13.3 Å². The molecule has 0 spiro atoms. The van der Waals surface area contributed by atoms with Crippen molar-refractivity contribution >= 4 is 29.3 Å². The second-order valence-corrected chi connectivity index (χ2v) is 10.3. The Morgan fingerprint density at radius 2 is 1.61 bits per heavy atom. The van der Waals surface area contributed by atoms with E-state index in [1.165, 1.54) is 13.8 Å². The number of aliphatic carboxylic acids is 1. The number of rotatable bonds is 17. The number of hydrogen-bond donors (Lipinski definition) is 3. The summed E-state index contributed by atoms with van der Waals surface area (Å²) in [4.78, 5) is 35.8. The fourth-order valence-corrected chi connectivity index (χ4v) is 5.04. The van der Waals surface area contributed by atoms with Gasteiger partial charge in [0.2, 0.25) is 0 Å². The first-order chi connectivity index (χ1) is 18.1. The number of ether oxygens (including phenoxy) is 2. The smallest absolute Gasteiger partial charge is 0.303 e. The predicted octanol–water partition coefficient (Wildman–Crippen LogP) is 5.48. The molecular weight excluding hydrogens is 508 g/mol. The Labute approximate surface area is 228 Å². The van der Waals surface area contributed by atoms with Gasteiger partial charge in [0, 0.05) is 34.6 Å². The number of carboxylic acid groups (broad SMARTS) is 1. The third-order valence-corrected chi connectivity index (χ3v) is 6.99. The maximum Gasteiger partial charge on any atom is 0.303 e. The van der Waals surface area contributed by atoms with Crippen LogP contribution < -0.4 is 9.47 Å². The van der Waals surface area contributed by atoms with Gasteiger partial charge in [0.25, 0.3) is 0 Å². The number of Topliss-reactive ketones (excluding diaryl/α,β-unsaturated/α-hetero) is 2. The second-order valence-electron chi connectivity index (χ2n) is 9.17. The maximum atomic E-state index is 12.2. The molecule has 0 amide bonds. The highest BCUT2D eigenvalue weighted by Gasteiger charge is 2.20. The molecule has 2 aromatic rings. The molecule has 0 fully saturated rings. The van der Waals surface area contributed by atoms with Crippen LogP contribution in [0.2, 0.25) is 0 Å². The summed E-state index contributed by atoms with van der Waals surface area (Å²) in [5, 5.41) is 29.5. The van der Waals surface area contributed by atoms with Crippen LogP contribution in [0.25, 0.3) is 0 Å². The van der Waals surface area contributed by atoms with Gasteiger partial charge in [-0.2, -0.15) is 0 Å². The normalized spacial score (nSPS) is 11.7. The molecule has 2 rings (SSSR count). The van der Waals surface area contributed by atoms with E-state index in [1.54, 1.807) is 36.9 Å². The van der Waals surface area contributed by atoms with E-state index in [1.807, 2.05) is 13.0 Å². The van der Waals surface area contributed by atoms with Gasteiger partial charge in [-0.25, -0.2) is 0 Å². The third kappa shape index (κ3) is 9.06. The number of aliphatic hydroxyl groups excluding tert-OH is 1. The zero-order valence-corrected chi connectivity index (χ0v) is 23.4. The molecule has 38 heavy (non-hydrogen) atoms. The van der Waals surface area contributed by atoms with Crippen LogP contribution in [0.3, 0.4) is 0 Å². The van der Waals surface area contributed by atoms with Gasteiger partial charge >= 0.3 is 5.97 Å². The van der Waals surface area contributed by atoms with Crippen LogP contribution in [0.1, 0.15) is 85.2 Å². The lowest BCUT2D eigenvalue weighted by Crippen LogP contribution is -2.13. The van der Waals surface area contributed by atoms with Gasteiger partial charge in [-0.05, 0) is 64.3 Å². The average molecular weight is 547 g/mol. The SMILES string of the molecule is CCCc1c(SCCCOc2ccc(C(C)=O)c(OCCCC(=O)O)c2CC(C)O)ccc(C(C)=O)c1O. The van der Waals surface area contributed by atoms with E-state index in [2.05, 4.69) is 0 Å². The standard InChI is InChI=1S/C29H38O8S/c1-5-8-23-26(13-11-21(19(3)31)28(23)35)38-16-7-15-36-25-12-10-22(20(4)32)29(24(25)17-18(2)30)37-14-6-9-27(33)34/h10-13,18,30,35H,5-9,14-17H2,1-4H3,(H,33,34). The van der Waals surface area contributed by atoms with Crippen molar-refractivity contribution in [2.75, 3.05) is 19.0 Å². The topological polar surface area (TPSA) is 130 Å². The van der Waals surface area contributed by atoms with Gasteiger partial charge in [-0.15, -0.1) is 11.8 Å². The van der Waals surface area contributed by atoms with Crippen LogP contribution >= 0.6 is 11.8 Å². The van der Waals surface area contributed by atoms with Crippen molar-refractivity contribution in [3.05, 3.63) is 46.5 Å². The van der Waals surface area contributed by atoms with Crippen LogP contribution in [-0.2, 0) is 17.6 Å². The lowest BCUT2D eigenvalue weighted by atomic mass is 10.00. The number of ketones is 2. The van der Waals surface area contributed by atoms with Crippen LogP contribution in [0, 0.1) is 0 Å². The quantitative estimate of drug-likeness (QED) is 0.134. The van der Waals surface area contributed by atoms with E-state index in [0.717, 1.165) is 16.9 Å². The zero-order chi connectivity index (χ0) is 28.2. The van der Waals surface area contributed by atoms with Crippen molar-refractivity contribution in [1.29, 1.82) is 0 Å². The molecule has 1 unspecified atom stereocenters. The van der Waals surface area contributed by atoms with Gasteiger partial charge < -0.3 is 24.8 Å². The number of aromatic hydroxyl groups is 1. The number of thioether (sulfide) groups is 1. The Balaban J connectivity index is 2.12. The molecule has 0 aliphatic rings. The molecule has 0 aromatic heterocycles. The Kier molecular flexibility index (Phi) is 12.6. The first-order valence-corrected chi connectivity index (χ1v) is 13.9. The average Bonchev–Trinajstić information content (AvgIpc) is 2.83. The number of benzene rings is 2. The first-order valence-electron chi connectivity index (χ1n) is 12.9. The molecule has 208 valence electrons. The van der Waals surface area contributed by atoms with Crippen LogP contribution in [0.15, 0.2) is 29.2 Å². The van der Waals surface area contributed by atoms with Crippen LogP contribution in [-0.4, -0.2) is 57.9 Å². The minimum Gasteiger partial charge on any atom is -0.507 e. The fraction of sp³-hybridized carbons (Fsp3) is 0.483. The number of carboxylic acids is 1. The van der Waals surface area contributed by atoms with Gasteiger partial charge in [-0.3, -0.25) is 14.4 Å². The number of aliphatic hydroxyl groups is 1. The summed E-state index contributed by atoms with van der Waals surface area (Å²) in [6, 6.07) is 6.86. The molecule has 0 aliphatic carbocycles. The van der Waals surface area contributed by atoms with Crippen molar-refractivity contribution in [3.8, 4) is 17.2 Å². The molecule has 9 heteroatoms. The Morgan fingerprint density at radius 3 is 2.21 bits per heavy atom. The molecule has 0 aliphatic heterocycles. The Hall–Kier alpha value is -3.04. The monoisotopic (exact) mass is 546 g/mol. The molecule has 0 bridgehead atoms. The summed E-state index contributed by atoms with van der Waals surface area (Å²) < 4.78 is 11.9. The first kappa shape index (κ1) is 31.2. The molecule has 3 N–H and O–H groups in total. The van der Waals surface area contributed by atoms with Gasteiger partial charge in [0.1, 0.15) is 17.2 Å². The molecule has 2 aromatic carbocycles. The predicted molar refractivity (Wildman–Crippen MR) is 147 cm³/mol. The van der Waals surface area contributed by atoms with E-state index in [-0.39, 0.29) is 43.2 Å². The van der Waals surface area contributed by atoms with Gasteiger partial charge in [0.05, 0.1) is 30.4 Å². The molecule has 1 atom stereocenters. The highest BCUT2D eigenvalue weighted by molar-refractivity contribution is 7.99. The van der Waals surface area contributed by atoms with Gasteiger partial charge in [0.15, 0.2) is 11.6 Å². The van der Waals surface area contributed by atoms with Crippen molar-refractivity contribution in [1.82, 2.24) is 0 Å². The largest absolute Gasteiger partial charge is 0.507 e. The molecule has 0 heterocycles. The molecule has 8 nitrogen and oxygen atoms in total. The summed E-state index contributed by atoms with van der Waals surface area (Å²) in [5.41, 5.74) is 2.05. The maximum absolute atomic E-state index is 12.2. The lowest BCUT2D eigenvalue weighted by molar-refractivity contribution is -0.137. The van der Waals surface area contributed by atoms with Crippen LogP contribution in [0.5, 0.6) is 17.2 Å². The number of phenolic OH excluding ortho intramolecular Hbond substituents is 1. The molecule has 0 saturated heterocycles. The van der Waals surface area contributed by atoms with E-state index in [4.69, 9.17) is 14.6 Å². The van der Waals surface area contributed by atoms with E-state index >= 15 is 0 Å². The van der Waals surface area contributed by atoms with Crippen molar-refractivity contribution in [2.24, 2.45) is 0 Å². The lowest BCUT2D eigenvalue weighted by Gasteiger charge is -2.20. The summed E-state index contributed by atoms with van der Waals surface area (Å²) >= 11 is 1.59. The van der Waals surface area contributed by atoms with E-state index < -0.39 is 12.1 Å². The summed E-state index contributed by atoms with van der Waals surface area (Å²) in [5.74, 6) is 0.306. The Morgan fingerprint density at radius 1 is 0.947 bits per heavy atom. The van der Waals surface area contributed by atoms with E-state index in [0.29, 0.717) is 53.4 Å². The number of hydrogen-bond acceptors (Lipinski definition) is 8. The highest BCUT2D eigenvalue weighted by atomic mass is 32.2. The summed E-state index contributed by atoms with van der Waals surface area (Å²) in [7, 11) is 0. The van der Waals surface area contributed by atoms with Crippen molar-refractivity contribution in [3.63, 3.8) is 0 Å². The summed E-state index contributed by atoms with van der Waals surface area (Å²) in [6.07, 6.45) is 1.93. The van der Waals surface area contributed by atoms with Crippen molar-refractivity contribution < 1.29 is 39.2 Å². The molecular formula is C29H38O8S. The van der Waals surface area contributed by atoms with E-state index in [9.17, 15) is 24.6 Å². The molecule has 0 radical (unpaired) electrons. The highest BCUT2D eigenvalue weighted by Crippen LogP contribution is 2.36. The number of carbonyl (C=O) groups excluding carboxylic acids is 2. The third-order valence-electron chi connectivity index (χ3n) is 5.80. The minimum absolute atomic E-state index is 0.0514. The minimum atomic E-state index is -0.925. The summed E-state index contributed by atoms with van der Waals surface area (Å²) in [6.45, 7) is 7.02. The van der Waals surface area contributed by atoms with Crippen molar-refractivity contribution in [2.45, 2.75) is 77.2 Å².